The van der Waals surface area contributed by atoms with E-state index in [0.717, 1.165) is 38.8 Å². The Kier molecular flexibility index (Phi) is 6.67. The average molecular weight is 485 g/mol. The molecule has 2 aromatic rings. The van der Waals surface area contributed by atoms with Gasteiger partial charge in [-0.05, 0) is 75.7 Å². The molecule has 32 heavy (non-hydrogen) atoms. The SMILES string of the molecule is Cl.O=C(NC1C[C@H]2CC[C@H](C1)N2S(=O)(=O)CC1CCNCC1)c1ccc2[nH]c(=O)oc2c1. The van der Waals surface area contributed by atoms with Crippen molar-refractivity contribution in [3.8, 4) is 0 Å². The molecule has 0 spiro atoms. The smallest absolute Gasteiger partial charge is 0.408 e. The quantitative estimate of drug-likeness (QED) is 0.592. The fraction of sp³-hybridized carbons (Fsp3) is 0.619. The summed E-state index contributed by atoms with van der Waals surface area (Å²) >= 11 is 0. The van der Waals surface area contributed by atoms with Crippen molar-refractivity contribution in [2.24, 2.45) is 5.92 Å². The van der Waals surface area contributed by atoms with Crippen LogP contribution in [0.2, 0.25) is 0 Å². The van der Waals surface area contributed by atoms with Crippen molar-refractivity contribution in [3.05, 3.63) is 34.3 Å². The summed E-state index contributed by atoms with van der Waals surface area (Å²) in [6.45, 7) is 1.78. The van der Waals surface area contributed by atoms with E-state index in [-0.39, 0.29) is 48.1 Å². The minimum atomic E-state index is -3.30. The summed E-state index contributed by atoms with van der Waals surface area (Å²) < 4.78 is 33.1. The largest absolute Gasteiger partial charge is 0.417 e. The fourth-order valence-electron chi connectivity index (χ4n) is 5.49. The molecule has 4 heterocycles. The Morgan fingerprint density at radius 2 is 1.81 bits per heavy atom. The van der Waals surface area contributed by atoms with Gasteiger partial charge in [-0.1, -0.05) is 0 Å². The molecule has 2 bridgehead atoms. The number of H-pyrrole nitrogens is 1. The maximum atomic E-state index is 13.2. The fourth-order valence-corrected chi connectivity index (χ4v) is 7.89. The molecule has 9 nitrogen and oxygen atoms in total. The first kappa shape index (κ1) is 23.3. The molecule has 1 amide bonds. The standard InChI is InChI=1S/C21H28N4O5S.ClH/c26-20(14-1-4-18-19(9-14)30-21(27)24-18)23-15-10-16-2-3-17(11-15)25(16)31(28,29)12-13-5-7-22-8-6-13;/h1,4,9,13,15-17,22H,2-3,5-8,10-12H2,(H,23,26)(H,24,27);1H/t16-,17-;/m1./s1. The first-order valence-corrected chi connectivity index (χ1v) is 12.7. The number of benzene rings is 1. The number of nitrogens with one attached hydrogen (secondary N) is 3. The van der Waals surface area contributed by atoms with Crippen molar-refractivity contribution in [1.29, 1.82) is 0 Å². The lowest BCUT2D eigenvalue weighted by atomic mass is 9.99. The normalized spacial score (nSPS) is 26.7. The minimum absolute atomic E-state index is 0. The van der Waals surface area contributed by atoms with Gasteiger partial charge in [-0.25, -0.2) is 13.2 Å². The first-order chi connectivity index (χ1) is 14.9. The van der Waals surface area contributed by atoms with E-state index in [1.807, 2.05) is 0 Å². The van der Waals surface area contributed by atoms with E-state index < -0.39 is 15.8 Å². The van der Waals surface area contributed by atoms with Gasteiger partial charge in [0.25, 0.3) is 5.91 Å². The van der Waals surface area contributed by atoms with Crippen molar-refractivity contribution in [1.82, 2.24) is 19.9 Å². The van der Waals surface area contributed by atoms with E-state index in [4.69, 9.17) is 4.42 Å². The van der Waals surface area contributed by atoms with Crippen LogP contribution in [0.25, 0.3) is 11.1 Å². The van der Waals surface area contributed by atoms with E-state index in [1.165, 1.54) is 0 Å². The predicted molar refractivity (Wildman–Crippen MR) is 123 cm³/mol. The third-order valence-corrected chi connectivity index (χ3v) is 9.04. The highest BCUT2D eigenvalue weighted by Crippen LogP contribution is 2.39. The summed E-state index contributed by atoms with van der Waals surface area (Å²) in [4.78, 5) is 26.6. The lowest BCUT2D eigenvalue weighted by Crippen LogP contribution is -2.53. The number of fused-ring (bicyclic) bond motifs is 3. The molecule has 1 aromatic heterocycles. The number of carbonyl (C=O) groups is 1. The van der Waals surface area contributed by atoms with Crippen LogP contribution in [0.5, 0.6) is 0 Å². The molecule has 3 aliphatic heterocycles. The van der Waals surface area contributed by atoms with Gasteiger partial charge in [0, 0.05) is 23.7 Å². The van der Waals surface area contributed by atoms with Gasteiger partial charge in [0.15, 0.2) is 5.58 Å². The molecule has 3 saturated heterocycles. The number of sulfonamides is 1. The maximum Gasteiger partial charge on any atom is 0.417 e. The van der Waals surface area contributed by atoms with Gasteiger partial charge in [-0.3, -0.25) is 9.78 Å². The van der Waals surface area contributed by atoms with Crippen molar-refractivity contribution in [2.75, 3.05) is 18.8 Å². The molecule has 5 rings (SSSR count). The lowest BCUT2D eigenvalue weighted by Gasteiger charge is -2.39. The highest BCUT2D eigenvalue weighted by Gasteiger charge is 2.47. The van der Waals surface area contributed by atoms with Gasteiger partial charge in [0.2, 0.25) is 10.0 Å². The lowest BCUT2D eigenvalue weighted by molar-refractivity contribution is 0.0909. The first-order valence-electron chi connectivity index (χ1n) is 11.0. The number of hydrogen-bond donors (Lipinski definition) is 3. The Labute approximate surface area is 192 Å². The Morgan fingerprint density at radius 3 is 2.50 bits per heavy atom. The molecule has 0 unspecified atom stereocenters. The van der Waals surface area contributed by atoms with Gasteiger partial charge in [0.1, 0.15) is 0 Å². The summed E-state index contributed by atoms with van der Waals surface area (Å²) in [5.74, 6) is -0.324. The second-order valence-corrected chi connectivity index (χ2v) is 11.0. The summed E-state index contributed by atoms with van der Waals surface area (Å²) in [7, 11) is -3.30. The van der Waals surface area contributed by atoms with E-state index >= 15 is 0 Å². The second kappa shape index (κ2) is 9.17. The number of amides is 1. The number of rotatable bonds is 5. The Balaban J connectivity index is 0.00000245. The number of hydrogen-bond acceptors (Lipinski definition) is 6. The molecule has 1 aromatic carbocycles. The number of halogens is 1. The topological polar surface area (TPSA) is 125 Å². The summed E-state index contributed by atoms with van der Waals surface area (Å²) in [5.41, 5.74) is 1.31. The molecule has 3 aliphatic rings. The van der Waals surface area contributed by atoms with Gasteiger partial charge in [0.05, 0.1) is 11.3 Å². The van der Waals surface area contributed by atoms with Crippen LogP contribution in [-0.4, -0.2) is 60.6 Å². The van der Waals surface area contributed by atoms with Crippen molar-refractivity contribution in [3.63, 3.8) is 0 Å². The molecule has 3 fully saturated rings. The van der Waals surface area contributed by atoms with Crippen molar-refractivity contribution in [2.45, 2.75) is 56.7 Å². The van der Waals surface area contributed by atoms with Gasteiger partial charge >= 0.3 is 5.76 Å². The Hall–Kier alpha value is -1.88. The molecule has 0 radical (unpaired) electrons. The zero-order valence-corrected chi connectivity index (χ0v) is 19.3. The zero-order valence-electron chi connectivity index (χ0n) is 17.7. The van der Waals surface area contributed by atoms with Gasteiger partial charge in [-0.15, -0.1) is 12.4 Å². The van der Waals surface area contributed by atoms with Crippen LogP contribution in [0, 0.1) is 5.92 Å². The number of aromatic nitrogens is 1. The molecule has 0 saturated carbocycles. The summed E-state index contributed by atoms with van der Waals surface area (Å²) in [6.07, 6.45) is 4.79. The highest BCUT2D eigenvalue weighted by molar-refractivity contribution is 7.89. The second-order valence-electron chi connectivity index (χ2n) is 9.05. The number of oxazole rings is 1. The third-order valence-electron chi connectivity index (χ3n) is 6.91. The van der Waals surface area contributed by atoms with E-state index in [2.05, 4.69) is 15.6 Å². The molecule has 2 atom stereocenters. The van der Waals surface area contributed by atoms with Crippen LogP contribution in [0.1, 0.15) is 48.9 Å². The van der Waals surface area contributed by atoms with Crippen LogP contribution >= 0.6 is 12.4 Å². The predicted octanol–water partition coefficient (Wildman–Crippen LogP) is 1.60. The molecule has 3 N–H and O–H groups in total. The Morgan fingerprint density at radius 1 is 1.12 bits per heavy atom. The van der Waals surface area contributed by atoms with Gasteiger partial charge < -0.3 is 15.1 Å². The average Bonchev–Trinajstić information content (AvgIpc) is 3.24. The van der Waals surface area contributed by atoms with Crippen molar-refractivity contribution >= 4 is 39.4 Å². The van der Waals surface area contributed by atoms with Crippen LogP contribution < -0.4 is 16.4 Å². The number of piperidine rings is 2. The summed E-state index contributed by atoms with van der Waals surface area (Å²) in [6, 6.07) is 4.70. The molecule has 11 heteroatoms. The van der Waals surface area contributed by atoms with Gasteiger partial charge in [-0.2, -0.15) is 4.31 Å². The third kappa shape index (κ3) is 4.59. The van der Waals surface area contributed by atoms with Crippen LogP contribution in [0.15, 0.2) is 27.4 Å². The zero-order chi connectivity index (χ0) is 21.6. The molecule has 0 aliphatic carbocycles. The Bertz CT molecular complexity index is 1130. The van der Waals surface area contributed by atoms with E-state index in [0.29, 0.717) is 29.5 Å². The minimum Gasteiger partial charge on any atom is -0.408 e. The van der Waals surface area contributed by atoms with Crippen molar-refractivity contribution < 1.29 is 17.6 Å². The number of nitrogens with zero attached hydrogens (tertiary/aromatic N) is 1. The molecular weight excluding hydrogens is 456 g/mol. The van der Waals surface area contributed by atoms with E-state index in [1.54, 1.807) is 22.5 Å². The van der Waals surface area contributed by atoms with Crippen LogP contribution in [0.4, 0.5) is 0 Å². The van der Waals surface area contributed by atoms with Crippen LogP contribution in [0.3, 0.4) is 0 Å². The number of aromatic amines is 1. The van der Waals surface area contributed by atoms with Crippen LogP contribution in [-0.2, 0) is 10.0 Å². The van der Waals surface area contributed by atoms with E-state index in [9.17, 15) is 18.0 Å². The summed E-state index contributed by atoms with van der Waals surface area (Å²) in [5, 5.41) is 6.35. The molecular formula is C21H29ClN4O5S. The highest BCUT2D eigenvalue weighted by atomic mass is 35.5. The number of carbonyl (C=O) groups excluding carboxylic acids is 1. The monoisotopic (exact) mass is 484 g/mol. The molecule has 176 valence electrons. The maximum absolute atomic E-state index is 13.2.